The third-order valence-electron chi connectivity index (χ3n) is 5.13. The topological polar surface area (TPSA) is 55.8 Å². The highest BCUT2D eigenvalue weighted by Crippen LogP contribution is 2.44. The van der Waals surface area contributed by atoms with E-state index in [9.17, 15) is 9.59 Å². The Labute approximate surface area is 152 Å². The first kappa shape index (κ1) is 16.6. The number of fused-ring (bicyclic) bond motifs is 3. The minimum absolute atomic E-state index is 0.00285. The van der Waals surface area contributed by atoms with Crippen molar-refractivity contribution in [3.63, 3.8) is 0 Å². The zero-order valence-corrected chi connectivity index (χ0v) is 14.8. The van der Waals surface area contributed by atoms with Crippen LogP contribution in [0.4, 0.5) is 4.79 Å². The number of benzene rings is 2. The number of amides is 1. The van der Waals surface area contributed by atoms with Gasteiger partial charge in [-0.1, -0.05) is 62.4 Å². The number of rotatable bonds is 3. The van der Waals surface area contributed by atoms with Gasteiger partial charge in [0.15, 0.2) is 6.73 Å². The van der Waals surface area contributed by atoms with Crippen LogP contribution in [0.3, 0.4) is 0 Å². The van der Waals surface area contributed by atoms with Gasteiger partial charge in [-0.05, 0) is 28.2 Å². The lowest BCUT2D eigenvalue weighted by Gasteiger charge is -2.23. The molecule has 26 heavy (non-hydrogen) atoms. The Morgan fingerprint density at radius 3 is 2.27 bits per heavy atom. The number of cyclic esters (lactones) is 1. The van der Waals surface area contributed by atoms with E-state index < -0.39 is 12.1 Å². The zero-order chi connectivity index (χ0) is 18.3. The van der Waals surface area contributed by atoms with E-state index in [-0.39, 0.29) is 31.1 Å². The molecule has 134 valence electrons. The summed E-state index contributed by atoms with van der Waals surface area (Å²) in [5, 5.41) is 0. The van der Waals surface area contributed by atoms with E-state index in [0.717, 1.165) is 11.1 Å². The van der Waals surface area contributed by atoms with Gasteiger partial charge in [-0.15, -0.1) is 0 Å². The van der Waals surface area contributed by atoms with Crippen molar-refractivity contribution in [3.05, 3.63) is 59.7 Å². The molecule has 0 spiro atoms. The maximum absolute atomic E-state index is 12.6. The normalized spacial score (nSPS) is 18.7. The van der Waals surface area contributed by atoms with Gasteiger partial charge in [-0.2, -0.15) is 0 Å². The Hall–Kier alpha value is -2.82. The Morgan fingerprint density at radius 1 is 1.12 bits per heavy atom. The van der Waals surface area contributed by atoms with Gasteiger partial charge in [-0.25, -0.2) is 9.59 Å². The van der Waals surface area contributed by atoms with Gasteiger partial charge in [0, 0.05) is 5.92 Å². The molecule has 1 saturated heterocycles. The van der Waals surface area contributed by atoms with E-state index in [1.807, 2.05) is 38.1 Å². The second-order valence-electron chi connectivity index (χ2n) is 7.06. The molecule has 1 amide bonds. The molecule has 0 radical (unpaired) electrons. The molecule has 2 aromatic carbocycles. The number of carbonyl (C=O) groups is 2. The number of hydrogen-bond donors (Lipinski definition) is 0. The lowest BCUT2D eigenvalue weighted by Crippen LogP contribution is -2.42. The van der Waals surface area contributed by atoms with Crippen molar-refractivity contribution < 1.29 is 19.1 Å². The summed E-state index contributed by atoms with van der Waals surface area (Å²) in [6.07, 6.45) is -0.503. The molecule has 0 saturated carbocycles. The average molecular weight is 351 g/mol. The lowest BCUT2D eigenvalue weighted by molar-refractivity contribution is -0.139. The highest BCUT2D eigenvalue weighted by molar-refractivity contribution is 5.84. The summed E-state index contributed by atoms with van der Waals surface area (Å²) < 4.78 is 10.6. The Morgan fingerprint density at radius 2 is 1.69 bits per heavy atom. The van der Waals surface area contributed by atoms with Crippen molar-refractivity contribution >= 4 is 12.1 Å². The van der Waals surface area contributed by atoms with Crippen LogP contribution in [0.25, 0.3) is 11.1 Å². The van der Waals surface area contributed by atoms with Crippen LogP contribution in [0.2, 0.25) is 0 Å². The molecule has 5 nitrogen and oxygen atoms in total. The number of nitrogens with zero attached hydrogens (tertiary/aromatic N) is 1. The molecular formula is C21H21NO4. The molecule has 1 atom stereocenters. The van der Waals surface area contributed by atoms with Gasteiger partial charge in [0.25, 0.3) is 0 Å². The highest BCUT2D eigenvalue weighted by atomic mass is 16.6. The standard InChI is InChI=1S/C21H21NO4/c1-13(2)19-20(23)26-12-22(19)21(24)25-11-18-16-9-5-3-7-14(16)15-8-4-6-10-17(15)18/h3-10,13,18-19H,11-12H2,1-2H3. The van der Waals surface area contributed by atoms with Crippen molar-refractivity contribution in [1.29, 1.82) is 0 Å². The van der Waals surface area contributed by atoms with Crippen LogP contribution in [0, 0.1) is 5.92 Å². The SMILES string of the molecule is CC(C)C1C(=O)OCN1C(=O)OCC1c2ccccc2-c2ccccc21. The summed E-state index contributed by atoms with van der Waals surface area (Å²) in [7, 11) is 0. The molecular weight excluding hydrogens is 330 g/mol. The van der Waals surface area contributed by atoms with E-state index in [1.54, 1.807) is 0 Å². The molecule has 0 aromatic heterocycles. The largest absolute Gasteiger partial charge is 0.448 e. The third-order valence-corrected chi connectivity index (χ3v) is 5.13. The van der Waals surface area contributed by atoms with E-state index in [2.05, 4.69) is 24.3 Å². The average Bonchev–Trinajstić information content (AvgIpc) is 3.18. The van der Waals surface area contributed by atoms with Crippen LogP contribution in [0.15, 0.2) is 48.5 Å². The predicted molar refractivity (Wildman–Crippen MR) is 96.5 cm³/mol. The molecule has 2 aromatic rings. The molecule has 0 bridgehead atoms. The molecule has 1 heterocycles. The van der Waals surface area contributed by atoms with Crippen molar-refractivity contribution in [2.75, 3.05) is 13.3 Å². The van der Waals surface area contributed by atoms with Gasteiger partial charge in [0.05, 0.1) is 0 Å². The summed E-state index contributed by atoms with van der Waals surface area (Å²) in [6, 6.07) is 15.8. The summed E-state index contributed by atoms with van der Waals surface area (Å²) in [5.74, 6) is -0.387. The Kier molecular flexibility index (Phi) is 4.15. The number of esters is 1. The monoisotopic (exact) mass is 351 g/mol. The van der Waals surface area contributed by atoms with Crippen molar-refractivity contribution in [1.82, 2.24) is 4.90 Å². The van der Waals surface area contributed by atoms with Crippen LogP contribution in [0.5, 0.6) is 0 Å². The summed E-state index contributed by atoms with van der Waals surface area (Å²) in [4.78, 5) is 25.8. The molecule has 5 heteroatoms. The van der Waals surface area contributed by atoms with Crippen molar-refractivity contribution in [2.24, 2.45) is 5.92 Å². The second kappa shape index (κ2) is 6.48. The molecule has 1 aliphatic heterocycles. The van der Waals surface area contributed by atoms with E-state index in [4.69, 9.17) is 9.47 Å². The number of hydrogen-bond acceptors (Lipinski definition) is 4. The molecule has 2 aliphatic rings. The van der Waals surface area contributed by atoms with E-state index in [1.165, 1.54) is 16.0 Å². The van der Waals surface area contributed by atoms with E-state index in [0.29, 0.717) is 0 Å². The van der Waals surface area contributed by atoms with Crippen molar-refractivity contribution in [3.8, 4) is 11.1 Å². The first-order valence-corrected chi connectivity index (χ1v) is 8.86. The quantitative estimate of drug-likeness (QED) is 0.790. The Bertz CT molecular complexity index is 815. The van der Waals surface area contributed by atoms with Gasteiger partial charge in [0.2, 0.25) is 0 Å². The van der Waals surface area contributed by atoms with Gasteiger partial charge in [-0.3, -0.25) is 4.90 Å². The van der Waals surface area contributed by atoms with Gasteiger partial charge >= 0.3 is 12.1 Å². The van der Waals surface area contributed by atoms with Crippen LogP contribution in [-0.2, 0) is 14.3 Å². The first-order chi connectivity index (χ1) is 12.6. The second-order valence-corrected chi connectivity index (χ2v) is 7.06. The fraction of sp³-hybridized carbons (Fsp3) is 0.333. The molecule has 4 rings (SSSR count). The smallest absolute Gasteiger partial charge is 0.413 e. The fourth-order valence-electron chi connectivity index (χ4n) is 3.90. The highest BCUT2D eigenvalue weighted by Gasteiger charge is 2.41. The molecule has 1 aliphatic carbocycles. The van der Waals surface area contributed by atoms with Crippen LogP contribution >= 0.6 is 0 Å². The molecule has 1 fully saturated rings. The summed E-state index contributed by atoms with van der Waals surface area (Å²) in [6.45, 7) is 3.97. The predicted octanol–water partition coefficient (Wildman–Crippen LogP) is 3.78. The lowest BCUT2D eigenvalue weighted by atomic mass is 9.98. The first-order valence-electron chi connectivity index (χ1n) is 8.86. The van der Waals surface area contributed by atoms with Crippen LogP contribution in [-0.4, -0.2) is 36.3 Å². The van der Waals surface area contributed by atoms with Gasteiger partial charge < -0.3 is 9.47 Å². The van der Waals surface area contributed by atoms with Crippen LogP contribution < -0.4 is 0 Å². The minimum atomic E-state index is -0.578. The fourth-order valence-corrected chi connectivity index (χ4v) is 3.90. The third kappa shape index (κ3) is 2.64. The number of ether oxygens (including phenoxy) is 2. The molecule has 0 N–H and O–H groups in total. The zero-order valence-electron chi connectivity index (χ0n) is 14.8. The van der Waals surface area contributed by atoms with Crippen LogP contribution in [0.1, 0.15) is 30.9 Å². The van der Waals surface area contributed by atoms with Crippen molar-refractivity contribution in [2.45, 2.75) is 25.8 Å². The Balaban J connectivity index is 1.53. The number of carbonyl (C=O) groups excluding carboxylic acids is 2. The summed E-state index contributed by atoms with van der Waals surface area (Å²) in [5.41, 5.74) is 4.69. The minimum Gasteiger partial charge on any atom is -0.448 e. The van der Waals surface area contributed by atoms with E-state index >= 15 is 0 Å². The maximum Gasteiger partial charge on any atom is 0.413 e. The van der Waals surface area contributed by atoms with Gasteiger partial charge in [0.1, 0.15) is 12.6 Å². The molecule has 1 unspecified atom stereocenters. The maximum atomic E-state index is 12.6. The summed E-state index contributed by atoms with van der Waals surface area (Å²) >= 11 is 0.